The van der Waals surface area contributed by atoms with Crippen LogP contribution in [0.3, 0.4) is 0 Å². The summed E-state index contributed by atoms with van der Waals surface area (Å²) in [5.74, 6) is 0.970. The number of morpholine rings is 1. The summed E-state index contributed by atoms with van der Waals surface area (Å²) in [6.45, 7) is 1.82. The normalized spacial score (nSPS) is 24.3. The second-order valence-corrected chi connectivity index (χ2v) is 5.83. The third kappa shape index (κ3) is 1.80. The molecule has 0 saturated carbocycles. The first kappa shape index (κ1) is 12.1. The molecule has 2 bridgehead atoms. The van der Waals surface area contributed by atoms with E-state index in [1.54, 1.807) is 16.9 Å². The molecular formula is C14H15N7O. The lowest BCUT2D eigenvalue weighted by atomic mass is 10.2. The van der Waals surface area contributed by atoms with E-state index in [4.69, 9.17) is 9.72 Å². The van der Waals surface area contributed by atoms with Gasteiger partial charge in [0.15, 0.2) is 5.65 Å². The van der Waals surface area contributed by atoms with E-state index < -0.39 is 0 Å². The maximum atomic E-state index is 5.89. The first-order chi connectivity index (χ1) is 10.9. The second kappa shape index (κ2) is 4.51. The van der Waals surface area contributed by atoms with Gasteiger partial charge in [0.1, 0.15) is 11.5 Å². The van der Waals surface area contributed by atoms with Crippen molar-refractivity contribution in [3.8, 4) is 11.3 Å². The number of hydrogen-bond acceptors (Lipinski definition) is 6. The fraction of sp³-hybridized carbons (Fsp3) is 0.429. The largest absolute Gasteiger partial charge is 0.371 e. The van der Waals surface area contributed by atoms with Crippen LogP contribution in [0.4, 0.5) is 5.82 Å². The van der Waals surface area contributed by atoms with E-state index in [0.29, 0.717) is 12.2 Å². The Labute approximate surface area is 126 Å². The molecule has 3 aromatic heterocycles. The Morgan fingerprint density at radius 1 is 1.23 bits per heavy atom. The van der Waals surface area contributed by atoms with Gasteiger partial charge in [-0.05, 0) is 18.9 Å². The minimum Gasteiger partial charge on any atom is -0.371 e. The highest BCUT2D eigenvalue weighted by Gasteiger charge is 2.34. The number of hydrogen-bond donors (Lipinski definition) is 1. The highest BCUT2D eigenvalue weighted by molar-refractivity contribution is 5.74. The Hall–Kier alpha value is -2.48. The molecule has 0 spiro atoms. The second-order valence-electron chi connectivity index (χ2n) is 5.83. The van der Waals surface area contributed by atoms with Crippen LogP contribution in [0.25, 0.3) is 16.9 Å². The zero-order valence-electron chi connectivity index (χ0n) is 11.9. The molecule has 0 amide bonds. The monoisotopic (exact) mass is 297 g/mol. The maximum absolute atomic E-state index is 5.89. The van der Waals surface area contributed by atoms with Crippen LogP contribution in [0.15, 0.2) is 24.7 Å². The molecule has 22 heavy (non-hydrogen) atoms. The van der Waals surface area contributed by atoms with Gasteiger partial charge in [-0.1, -0.05) is 5.21 Å². The number of nitrogens with one attached hydrogen (secondary N) is 1. The lowest BCUT2D eigenvalue weighted by Crippen LogP contribution is -2.43. The topological polar surface area (TPSA) is 84.2 Å². The molecular weight excluding hydrogens is 282 g/mol. The van der Waals surface area contributed by atoms with Crippen molar-refractivity contribution >= 4 is 11.5 Å². The molecule has 2 atom stereocenters. The molecule has 1 N–H and O–H groups in total. The van der Waals surface area contributed by atoms with Gasteiger partial charge >= 0.3 is 0 Å². The molecule has 8 nitrogen and oxygen atoms in total. The van der Waals surface area contributed by atoms with Gasteiger partial charge in [0.2, 0.25) is 0 Å². The van der Waals surface area contributed by atoms with Crippen molar-refractivity contribution in [3.63, 3.8) is 0 Å². The quantitative estimate of drug-likeness (QED) is 0.756. The molecule has 2 unspecified atom stereocenters. The van der Waals surface area contributed by atoms with Gasteiger partial charge in [0, 0.05) is 19.3 Å². The van der Waals surface area contributed by atoms with E-state index in [-0.39, 0.29) is 0 Å². The number of ether oxygens (including phenoxy) is 1. The van der Waals surface area contributed by atoms with E-state index in [2.05, 4.69) is 25.4 Å². The van der Waals surface area contributed by atoms with Crippen molar-refractivity contribution in [1.29, 1.82) is 0 Å². The number of anilines is 1. The number of H-pyrrole nitrogens is 1. The van der Waals surface area contributed by atoms with Crippen molar-refractivity contribution in [2.75, 3.05) is 18.0 Å². The third-order valence-corrected chi connectivity index (χ3v) is 4.41. The zero-order chi connectivity index (χ0) is 14.5. The number of rotatable bonds is 2. The summed E-state index contributed by atoms with van der Waals surface area (Å²) in [5.41, 5.74) is 2.43. The van der Waals surface area contributed by atoms with E-state index >= 15 is 0 Å². The highest BCUT2D eigenvalue weighted by Crippen LogP contribution is 2.29. The predicted molar refractivity (Wildman–Crippen MR) is 78.5 cm³/mol. The molecule has 2 saturated heterocycles. The van der Waals surface area contributed by atoms with Crippen molar-refractivity contribution in [3.05, 3.63) is 24.7 Å². The molecule has 2 aliphatic rings. The number of nitrogens with zero attached hydrogens (tertiary/aromatic N) is 6. The third-order valence-electron chi connectivity index (χ3n) is 4.41. The van der Waals surface area contributed by atoms with Gasteiger partial charge in [-0.25, -0.2) is 9.50 Å². The fourth-order valence-electron chi connectivity index (χ4n) is 3.35. The Morgan fingerprint density at radius 3 is 2.86 bits per heavy atom. The highest BCUT2D eigenvalue weighted by atomic mass is 16.5. The standard InChI is InChI=1S/C14H15N7O/c1-2-10-8-20(7-9(1)22-10)13-3-4-21-14(17-13)11(5-16-21)12-6-15-19-18-12/h3-6,9-10H,1-2,7-8H2,(H,15,18,19). The van der Waals surface area contributed by atoms with Crippen molar-refractivity contribution in [2.45, 2.75) is 25.0 Å². The Bertz CT molecular complexity index is 800. The van der Waals surface area contributed by atoms with Gasteiger partial charge in [-0.2, -0.15) is 5.10 Å². The first-order valence-electron chi connectivity index (χ1n) is 7.48. The average Bonchev–Trinajstić information content (AvgIpc) is 3.26. The van der Waals surface area contributed by atoms with E-state index in [1.165, 1.54) is 0 Å². The Kier molecular flexibility index (Phi) is 2.48. The van der Waals surface area contributed by atoms with E-state index in [1.807, 2.05) is 12.3 Å². The average molecular weight is 297 g/mol. The van der Waals surface area contributed by atoms with Gasteiger partial charge in [0.25, 0.3) is 0 Å². The Morgan fingerprint density at radius 2 is 2.09 bits per heavy atom. The molecule has 5 heterocycles. The van der Waals surface area contributed by atoms with Crippen LogP contribution in [-0.4, -0.2) is 55.3 Å². The van der Waals surface area contributed by atoms with Gasteiger partial charge < -0.3 is 9.64 Å². The SMILES string of the molecule is c1[nH]nnc1-c1cnn2ccc(N3CC4CCC(C3)O4)nc12. The summed E-state index contributed by atoms with van der Waals surface area (Å²) < 4.78 is 7.66. The van der Waals surface area contributed by atoms with E-state index in [0.717, 1.165) is 48.7 Å². The lowest BCUT2D eigenvalue weighted by molar-refractivity contribution is 0.0302. The van der Waals surface area contributed by atoms with Crippen molar-refractivity contribution < 1.29 is 4.74 Å². The maximum Gasteiger partial charge on any atom is 0.166 e. The minimum atomic E-state index is 0.344. The fourth-order valence-corrected chi connectivity index (χ4v) is 3.35. The molecule has 2 fully saturated rings. The van der Waals surface area contributed by atoms with Crippen LogP contribution >= 0.6 is 0 Å². The molecule has 0 radical (unpaired) electrons. The van der Waals surface area contributed by atoms with Crippen LogP contribution in [0.5, 0.6) is 0 Å². The molecule has 3 aromatic rings. The number of fused-ring (bicyclic) bond motifs is 3. The number of aromatic amines is 1. The molecule has 8 heteroatoms. The molecule has 5 rings (SSSR count). The van der Waals surface area contributed by atoms with Crippen molar-refractivity contribution in [1.82, 2.24) is 30.0 Å². The lowest BCUT2D eigenvalue weighted by Gasteiger charge is -2.32. The molecule has 2 aliphatic heterocycles. The Balaban J connectivity index is 1.56. The van der Waals surface area contributed by atoms with Crippen LogP contribution in [0.1, 0.15) is 12.8 Å². The molecule has 0 aromatic carbocycles. The van der Waals surface area contributed by atoms with Gasteiger partial charge in [-0.3, -0.25) is 5.10 Å². The summed E-state index contributed by atoms with van der Waals surface area (Å²) in [4.78, 5) is 7.11. The summed E-state index contributed by atoms with van der Waals surface area (Å²) in [6.07, 6.45) is 8.46. The van der Waals surface area contributed by atoms with Crippen molar-refractivity contribution in [2.24, 2.45) is 0 Å². The predicted octanol–water partition coefficient (Wildman–Crippen LogP) is 0.882. The van der Waals surface area contributed by atoms with Crippen LogP contribution in [-0.2, 0) is 4.74 Å². The van der Waals surface area contributed by atoms with Crippen LogP contribution in [0, 0.1) is 0 Å². The number of aromatic nitrogens is 6. The first-order valence-corrected chi connectivity index (χ1v) is 7.48. The summed E-state index contributed by atoms with van der Waals surface area (Å²) in [6, 6.07) is 2.01. The summed E-state index contributed by atoms with van der Waals surface area (Å²) >= 11 is 0. The zero-order valence-corrected chi connectivity index (χ0v) is 11.9. The van der Waals surface area contributed by atoms with Crippen LogP contribution in [0.2, 0.25) is 0 Å². The smallest absolute Gasteiger partial charge is 0.166 e. The summed E-state index contributed by atoms with van der Waals surface area (Å²) in [7, 11) is 0. The van der Waals surface area contributed by atoms with Gasteiger partial charge in [-0.15, -0.1) is 5.10 Å². The minimum absolute atomic E-state index is 0.344. The molecule has 112 valence electrons. The summed E-state index contributed by atoms with van der Waals surface area (Å²) in [5, 5.41) is 14.9. The van der Waals surface area contributed by atoms with Crippen LogP contribution < -0.4 is 4.90 Å². The van der Waals surface area contributed by atoms with Gasteiger partial charge in [0.05, 0.1) is 30.2 Å². The van der Waals surface area contributed by atoms with E-state index in [9.17, 15) is 0 Å². The molecule has 0 aliphatic carbocycles.